The Balaban J connectivity index is 2.00. The summed E-state index contributed by atoms with van der Waals surface area (Å²) in [6, 6.07) is 12.3. The van der Waals surface area contributed by atoms with Crippen molar-refractivity contribution in [3.8, 4) is 0 Å². The molecule has 1 amide bonds. The van der Waals surface area contributed by atoms with Gasteiger partial charge in [-0.2, -0.15) is 0 Å². The summed E-state index contributed by atoms with van der Waals surface area (Å²) >= 11 is 0. The first-order valence-electron chi connectivity index (χ1n) is 7.30. The average molecular weight is 328 g/mol. The van der Waals surface area contributed by atoms with Crippen molar-refractivity contribution in [2.24, 2.45) is 0 Å². The number of nitro groups is 1. The number of benzene rings is 2. The Bertz CT molecular complexity index is 756. The molecule has 0 fully saturated rings. The lowest BCUT2D eigenvalue weighted by atomic mass is 10.2. The minimum atomic E-state index is -0.596. The molecule has 2 aromatic rings. The highest BCUT2D eigenvalue weighted by Gasteiger charge is 2.15. The molecule has 0 aliphatic heterocycles. The number of nitro benzene ring substituents is 1. The van der Waals surface area contributed by atoms with Crippen molar-refractivity contribution < 1.29 is 19.2 Å². The third-order valence-corrected chi connectivity index (χ3v) is 3.27. The Morgan fingerprint density at radius 3 is 2.42 bits per heavy atom. The first kappa shape index (κ1) is 17.1. The Hall–Kier alpha value is -3.22. The fourth-order valence-corrected chi connectivity index (χ4v) is 1.98. The van der Waals surface area contributed by atoms with Gasteiger partial charge in [-0.1, -0.05) is 19.1 Å². The number of anilines is 1. The van der Waals surface area contributed by atoms with Gasteiger partial charge in [0.05, 0.1) is 16.1 Å². The van der Waals surface area contributed by atoms with Crippen LogP contribution in [0.4, 0.5) is 11.4 Å². The van der Waals surface area contributed by atoms with Crippen LogP contribution in [0.3, 0.4) is 0 Å². The number of rotatable bonds is 6. The van der Waals surface area contributed by atoms with Gasteiger partial charge >= 0.3 is 5.97 Å². The number of hydrogen-bond acceptors (Lipinski definition) is 5. The molecule has 0 radical (unpaired) electrons. The van der Waals surface area contributed by atoms with Crippen molar-refractivity contribution in [1.29, 1.82) is 0 Å². The first-order chi connectivity index (χ1) is 11.5. The van der Waals surface area contributed by atoms with Crippen molar-refractivity contribution in [1.82, 2.24) is 0 Å². The van der Waals surface area contributed by atoms with Gasteiger partial charge in [0, 0.05) is 18.2 Å². The standard InChI is InChI=1S/C17H16N2O5/c1-2-16(20)18-14-9-7-12(8-10-14)17(21)24-11-13-5-3-4-6-15(13)19(22)23/h3-10H,2,11H2,1H3,(H,18,20). The van der Waals surface area contributed by atoms with Crippen LogP contribution < -0.4 is 5.32 Å². The number of carbonyl (C=O) groups is 2. The molecule has 1 N–H and O–H groups in total. The van der Waals surface area contributed by atoms with E-state index in [9.17, 15) is 19.7 Å². The summed E-state index contributed by atoms with van der Waals surface area (Å²) in [6.07, 6.45) is 0.361. The fourth-order valence-electron chi connectivity index (χ4n) is 1.98. The average Bonchev–Trinajstić information content (AvgIpc) is 2.60. The Labute approximate surface area is 138 Å². The summed E-state index contributed by atoms with van der Waals surface area (Å²) in [6.45, 7) is 1.55. The molecule has 0 saturated heterocycles. The maximum absolute atomic E-state index is 12.0. The molecule has 0 aliphatic carbocycles. The molecule has 0 saturated carbocycles. The van der Waals surface area contributed by atoms with Crippen molar-refractivity contribution in [2.45, 2.75) is 20.0 Å². The quantitative estimate of drug-likeness (QED) is 0.498. The molecule has 2 aromatic carbocycles. The van der Waals surface area contributed by atoms with Gasteiger partial charge in [0.25, 0.3) is 5.69 Å². The molecular formula is C17H16N2O5. The zero-order valence-corrected chi connectivity index (χ0v) is 13.0. The Morgan fingerprint density at radius 1 is 1.12 bits per heavy atom. The lowest BCUT2D eigenvalue weighted by Crippen LogP contribution is -2.10. The van der Waals surface area contributed by atoms with Crippen LogP contribution in [0.25, 0.3) is 0 Å². The van der Waals surface area contributed by atoms with E-state index < -0.39 is 10.9 Å². The molecule has 7 nitrogen and oxygen atoms in total. The highest BCUT2D eigenvalue weighted by molar-refractivity contribution is 5.92. The Morgan fingerprint density at radius 2 is 1.79 bits per heavy atom. The summed E-state index contributed by atoms with van der Waals surface area (Å²) in [7, 11) is 0. The number of hydrogen-bond donors (Lipinski definition) is 1. The predicted molar refractivity (Wildman–Crippen MR) is 87.6 cm³/mol. The topological polar surface area (TPSA) is 98.5 Å². The van der Waals surface area contributed by atoms with Crippen LogP contribution in [-0.2, 0) is 16.1 Å². The van der Waals surface area contributed by atoms with E-state index >= 15 is 0 Å². The Kier molecular flexibility index (Phi) is 5.62. The van der Waals surface area contributed by atoms with Crippen molar-refractivity contribution in [3.63, 3.8) is 0 Å². The molecular weight excluding hydrogens is 312 g/mol. The van der Waals surface area contributed by atoms with E-state index in [1.54, 1.807) is 31.2 Å². The number of amides is 1. The monoisotopic (exact) mass is 328 g/mol. The SMILES string of the molecule is CCC(=O)Nc1ccc(C(=O)OCc2ccccc2[N+](=O)[O-])cc1. The second-order valence-corrected chi connectivity index (χ2v) is 4.94. The van der Waals surface area contributed by atoms with Crippen molar-refractivity contribution in [3.05, 3.63) is 69.8 Å². The van der Waals surface area contributed by atoms with Crippen LogP contribution in [-0.4, -0.2) is 16.8 Å². The molecule has 0 aromatic heterocycles. The molecule has 0 spiro atoms. The van der Waals surface area contributed by atoms with Gasteiger partial charge < -0.3 is 10.1 Å². The zero-order chi connectivity index (χ0) is 17.5. The van der Waals surface area contributed by atoms with E-state index in [1.807, 2.05) is 0 Å². The molecule has 0 atom stereocenters. The molecule has 0 bridgehead atoms. The van der Waals surface area contributed by atoms with E-state index in [0.29, 0.717) is 23.2 Å². The maximum Gasteiger partial charge on any atom is 0.338 e. The third-order valence-electron chi connectivity index (χ3n) is 3.27. The van der Waals surface area contributed by atoms with Crippen LogP contribution in [0.5, 0.6) is 0 Å². The maximum atomic E-state index is 12.0. The lowest BCUT2D eigenvalue weighted by molar-refractivity contribution is -0.385. The molecule has 0 unspecified atom stereocenters. The van der Waals surface area contributed by atoms with Gasteiger partial charge in [-0.3, -0.25) is 14.9 Å². The summed E-state index contributed by atoms with van der Waals surface area (Å²) in [5.74, 6) is -0.719. The third kappa shape index (κ3) is 4.39. The van der Waals surface area contributed by atoms with Crippen LogP contribution in [0.15, 0.2) is 48.5 Å². The molecule has 24 heavy (non-hydrogen) atoms. The van der Waals surface area contributed by atoms with E-state index in [1.165, 1.54) is 24.3 Å². The summed E-state index contributed by atoms with van der Waals surface area (Å²) in [4.78, 5) is 33.7. The van der Waals surface area contributed by atoms with E-state index in [0.717, 1.165) is 0 Å². The second kappa shape index (κ2) is 7.87. The molecule has 0 heterocycles. The van der Waals surface area contributed by atoms with Crippen LogP contribution in [0, 0.1) is 10.1 Å². The number of para-hydroxylation sites is 1. The van der Waals surface area contributed by atoms with Crippen LogP contribution in [0.1, 0.15) is 29.3 Å². The highest BCUT2D eigenvalue weighted by atomic mass is 16.6. The summed E-state index contributed by atoms with van der Waals surface area (Å²) in [5, 5.41) is 13.6. The number of nitrogens with zero attached hydrogens (tertiary/aromatic N) is 1. The van der Waals surface area contributed by atoms with Crippen molar-refractivity contribution >= 4 is 23.3 Å². The smallest absolute Gasteiger partial charge is 0.338 e. The lowest BCUT2D eigenvalue weighted by Gasteiger charge is -2.07. The van der Waals surface area contributed by atoms with Crippen molar-refractivity contribution in [2.75, 3.05) is 5.32 Å². The number of nitrogens with one attached hydrogen (secondary N) is 1. The number of esters is 1. The number of ether oxygens (including phenoxy) is 1. The van der Waals surface area contributed by atoms with Gasteiger partial charge in [0.15, 0.2) is 0 Å². The molecule has 0 aliphatic rings. The highest BCUT2D eigenvalue weighted by Crippen LogP contribution is 2.19. The summed E-state index contributed by atoms with van der Waals surface area (Å²) in [5.41, 5.74) is 1.10. The molecule has 2 rings (SSSR count). The van der Waals surface area contributed by atoms with Gasteiger partial charge in [-0.05, 0) is 30.3 Å². The van der Waals surface area contributed by atoms with Gasteiger partial charge in [-0.15, -0.1) is 0 Å². The number of carbonyl (C=O) groups excluding carboxylic acids is 2. The van der Waals surface area contributed by atoms with Crippen LogP contribution >= 0.6 is 0 Å². The van der Waals surface area contributed by atoms with Gasteiger partial charge in [0.2, 0.25) is 5.91 Å². The minimum absolute atomic E-state index is 0.0945. The van der Waals surface area contributed by atoms with E-state index in [-0.39, 0.29) is 18.2 Å². The normalized spacial score (nSPS) is 10.0. The zero-order valence-electron chi connectivity index (χ0n) is 13.0. The largest absolute Gasteiger partial charge is 0.457 e. The second-order valence-electron chi connectivity index (χ2n) is 4.94. The summed E-state index contributed by atoms with van der Waals surface area (Å²) < 4.78 is 5.12. The molecule has 7 heteroatoms. The minimum Gasteiger partial charge on any atom is -0.457 e. The fraction of sp³-hybridized carbons (Fsp3) is 0.176. The first-order valence-corrected chi connectivity index (χ1v) is 7.30. The van der Waals surface area contributed by atoms with Crippen LogP contribution in [0.2, 0.25) is 0 Å². The van der Waals surface area contributed by atoms with E-state index in [2.05, 4.69) is 5.32 Å². The van der Waals surface area contributed by atoms with E-state index in [4.69, 9.17) is 4.74 Å². The molecule has 124 valence electrons. The predicted octanol–water partition coefficient (Wildman–Crippen LogP) is 3.30. The van der Waals surface area contributed by atoms with Gasteiger partial charge in [-0.25, -0.2) is 4.79 Å². The van der Waals surface area contributed by atoms with Gasteiger partial charge in [0.1, 0.15) is 6.61 Å².